The lowest BCUT2D eigenvalue weighted by molar-refractivity contribution is 0.0792. The summed E-state index contributed by atoms with van der Waals surface area (Å²) in [5.74, 6) is 1.29. The van der Waals surface area contributed by atoms with Gasteiger partial charge in [0.05, 0.1) is 5.69 Å². The van der Waals surface area contributed by atoms with Crippen molar-refractivity contribution >= 4 is 5.91 Å². The topological polar surface area (TPSA) is 76.0 Å². The number of nitrogens with zero attached hydrogens (tertiary/aromatic N) is 4. The highest BCUT2D eigenvalue weighted by Crippen LogP contribution is 2.19. The van der Waals surface area contributed by atoms with E-state index in [9.17, 15) is 9.18 Å². The van der Waals surface area contributed by atoms with Crippen molar-refractivity contribution in [2.45, 2.75) is 32.3 Å². The molecule has 0 saturated carbocycles. The highest BCUT2D eigenvalue weighted by Gasteiger charge is 2.12. The van der Waals surface area contributed by atoms with E-state index >= 15 is 0 Å². The normalized spacial score (nSPS) is 10.9. The Morgan fingerprint density at radius 2 is 1.86 bits per heavy atom. The van der Waals surface area contributed by atoms with Gasteiger partial charge in [-0.15, -0.1) is 0 Å². The molecule has 0 bridgehead atoms. The average Bonchev–Trinajstić information content (AvgIpc) is 3.51. The summed E-state index contributed by atoms with van der Waals surface area (Å²) in [4.78, 5) is 18.7. The summed E-state index contributed by atoms with van der Waals surface area (Å²) in [5.41, 5.74) is 3.40. The number of rotatable bonds is 11. The molecular weight excluding hydrogens is 445 g/mol. The van der Waals surface area contributed by atoms with Crippen LogP contribution >= 0.6 is 0 Å². The molecular formula is C27H30FN5O2. The second-order valence-corrected chi connectivity index (χ2v) is 8.59. The Bertz CT molecular complexity index is 1230. The number of halogens is 1. The Kier molecular flexibility index (Phi) is 7.92. The largest absolute Gasteiger partial charge is 0.486 e. The van der Waals surface area contributed by atoms with Crippen LogP contribution in [0, 0.1) is 5.82 Å². The van der Waals surface area contributed by atoms with Gasteiger partial charge in [0.25, 0.3) is 5.91 Å². The van der Waals surface area contributed by atoms with Gasteiger partial charge in [0.1, 0.15) is 24.0 Å². The first-order valence-electron chi connectivity index (χ1n) is 11.7. The number of carbonyl (C=O) groups is 1. The predicted molar refractivity (Wildman–Crippen MR) is 132 cm³/mol. The number of aromatic nitrogens is 4. The molecule has 0 atom stereocenters. The number of aryl methyl sites for hydroxylation is 2. The van der Waals surface area contributed by atoms with Crippen LogP contribution in [0.4, 0.5) is 4.39 Å². The van der Waals surface area contributed by atoms with Gasteiger partial charge >= 0.3 is 0 Å². The van der Waals surface area contributed by atoms with E-state index in [0.29, 0.717) is 24.5 Å². The van der Waals surface area contributed by atoms with E-state index in [-0.39, 0.29) is 11.7 Å². The molecule has 0 aliphatic rings. The molecule has 0 fully saturated rings. The number of ether oxygens (including phenoxy) is 1. The maximum atomic E-state index is 13.1. The fraction of sp³-hybridized carbons (Fsp3) is 0.296. The number of hydrogen-bond acceptors (Lipinski definition) is 4. The van der Waals surface area contributed by atoms with Crippen molar-refractivity contribution < 1.29 is 13.9 Å². The van der Waals surface area contributed by atoms with Gasteiger partial charge in [-0.1, -0.05) is 6.42 Å². The number of benzene rings is 2. The first-order chi connectivity index (χ1) is 17.0. The zero-order chi connectivity index (χ0) is 24.6. The third kappa shape index (κ3) is 6.56. The minimum atomic E-state index is -0.254. The van der Waals surface area contributed by atoms with Crippen LogP contribution in [0.25, 0.3) is 11.3 Å². The molecule has 8 heteroatoms. The minimum absolute atomic E-state index is 0.00170. The van der Waals surface area contributed by atoms with E-state index in [4.69, 9.17) is 4.74 Å². The standard InChI is InChI=1S/C27H30FN5O2/c1-32-17-15-29-26(32)19-35-24-13-9-21(10-14-24)27(34)33(2)16-5-3-4-6-23-18-25(31-30-23)20-7-11-22(28)12-8-20/h7-15,17-18H,3-6,16,19H2,1-2H3,(H,30,31). The van der Waals surface area contributed by atoms with E-state index in [1.165, 1.54) is 12.1 Å². The fourth-order valence-electron chi connectivity index (χ4n) is 3.80. The second kappa shape index (κ2) is 11.5. The summed E-state index contributed by atoms with van der Waals surface area (Å²) >= 11 is 0. The number of H-pyrrole nitrogens is 1. The zero-order valence-corrected chi connectivity index (χ0v) is 20.1. The van der Waals surface area contributed by atoms with Crippen molar-refractivity contribution in [2.24, 2.45) is 7.05 Å². The van der Waals surface area contributed by atoms with Gasteiger partial charge in [-0.3, -0.25) is 9.89 Å². The third-order valence-corrected chi connectivity index (χ3v) is 5.95. The number of aromatic amines is 1. The molecule has 2 aromatic heterocycles. The van der Waals surface area contributed by atoms with Gasteiger partial charge in [0.15, 0.2) is 0 Å². The lowest BCUT2D eigenvalue weighted by Crippen LogP contribution is -2.27. The first-order valence-corrected chi connectivity index (χ1v) is 11.7. The monoisotopic (exact) mass is 475 g/mol. The average molecular weight is 476 g/mol. The molecule has 0 aliphatic heterocycles. The highest BCUT2D eigenvalue weighted by molar-refractivity contribution is 5.94. The molecule has 1 amide bonds. The van der Waals surface area contributed by atoms with Gasteiger partial charge in [-0.05, 0) is 73.9 Å². The van der Waals surface area contributed by atoms with Gasteiger partial charge in [0.2, 0.25) is 0 Å². The molecule has 0 unspecified atom stereocenters. The Labute approximate surface area is 204 Å². The maximum Gasteiger partial charge on any atom is 0.253 e. The number of carbonyl (C=O) groups excluding carboxylic acids is 1. The molecule has 0 aliphatic carbocycles. The molecule has 2 aromatic carbocycles. The Morgan fingerprint density at radius 3 is 2.57 bits per heavy atom. The summed E-state index contributed by atoms with van der Waals surface area (Å²) < 4.78 is 20.8. The van der Waals surface area contributed by atoms with E-state index in [2.05, 4.69) is 15.2 Å². The molecule has 4 rings (SSSR count). The molecule has 7 nitrogen and oxygen atoms in total. The zero-order valence-electron chi connectivity index (χ0n) is 20.1. The predicted octanol–water partition coefficient (Wildman–Crippen LogP) is 5.01. The molecule has 1 N–H and O–H groups in total. The van der Waals surface area contributed by atoms with Gasteiger partial charge in [-0.25, -0.2) is 9.37 Å². The van der Waals surface area contributed by atoms with E-state index in [1.54, 1.807) is 35.4 Å². The molecule has 0 saturated heterocycles. The van der Waals surface area contributed by atoms with Crippen LogP contribution in [0.2, 0.25) is 0 Å². The molecule has 0 spiro atoms. The molecule has 182 valence electrons. The van der Waals surface area contributed by atoms with E-state index in [0.717, 1.165) is 48.5 Å². The number of nitrogens with one attached hydrogen (secondary N) is 1. The number of imidazole rings is 1. The Hall–Kier alpha value is -3.94. The SMILES string of the molecule is CN(CCCCCc1cc(-c2ccc(F)cc2)n[nH]1)C(=O)c1ccc(OCc2nccn2C)cc1. The molecule has 4 aromatic rings. The van der Waals surface area contributed by atoms with E-state index in [1.807, 2.05) is 43.1 Å². The fourth-order valence-corrected chi connectivity index (χ4v) is 3.80. The van der Waals surface area contributed by atoms with Crippen molar-refractivity contribution in [1.82, 2.24) is 24.6 Å². The second-order valence-electron chi connectivity index (χ2n) is 8.59. The van der Waals surface area contributed by atoms with Crippen LogP contribution in [-0.2, 0) is 20.1 Å². The first kappa shape index (κ1) is 24.2. The van der Waals surface area contributed by atoms with Crippen molar-refractivity contribution in [3.63, 3.8) is 0 Å². The van der Waals surface area contributed by atoms with Crippen molar-refractivity contribution in [3.8, 4) is 17.0 Å². The van der Waals surface area contributed by atoms with Crippen molar-refractivity contribution in [2.75, 3.05) is 13.6 Å². The van der Waals surface area contributed by atoms with Crippen LogP contribution in [0.1, 0.15) is 41.1 Å². The summed E-state index contributed by atoms with van der Waals surface area (Å²) in [5, 5.41) is 7.38. The summed E-state index contributed by atoms with van der Waals surface area (Å²) in [7, 11) is 3.75. The van der Waals surface area contributed by atoms with Crippen molar-refractivity contribution in [1.29, 1.82) is 0 Å². The molecule has 2 heterocycles. The van der Waals surface area contributed by atoms with Gasteiger partial charge < -0.3 is 14.2 Å². The number of amides is 1. The van der Waals surface area contributed by atoms with Crippen LogP contribution in [0.5, 0.6) is 5.75 Å². The third-order valence-electron chi connectivity index (χ3n) is 5.95. The maximum absolute atomic E-state index is 13.1. The smallest absolute Gasteiger partial charge is 0.253 e. The van der Waals surface area contributed by atoms with Crippen molar-refractivity contribution in [3.05, 3.63) is 89.9 Å². The van der Waals surface area contributed by atoms with Crippen LogP contribution in [-0.4, -0.2) is 44.1 Å². The summed E-state index contributed by atoms with van der Waals surface area (Å²) in [6, 6.07) is 15.6. The number of unbranched alkanes of at least 4 members (excludes halogenated alkanes) is 2. The lowest BCUT2D eigenvalue weighted by atomic mass is 10.1. The summed E-state index contributed by atoms with van der Waals surface area (Å²) in [6.45, 7) is 1.07. The van der Waals surface area contributed by atoms with Crippen LogP contribution < -0.4 is 4.74 Å². The van der Waals surface area contributed by atoms with Gasteiger partial charge in [0, 0.05) is 49.9 Å². The minimum Gasteiger partial charge on any atom is -0.486 e. The number of hydrogen-bond donors (Lipinski definition) is 1. The Balaban J connectivity index is 1.16. The molecule has 35 heavy (non-hydrogen) atoms. The van der Waals surface area contributed by atoms with E-state index < -0.39 is 0 Å². The quantitative estimate of drug-likeness (QED) is 0.309. The van der Waals surface area contributed by atoms with Gasteiger partial charge in [-0.2, -0.15) is 5.10 Å². The van der Waals surface area contributed by atoms with Crippen LogP contribution in [0.3, 0.4) is 0 Å². The highest BCUT2D eigenvalue weighted by atomic mass is 19.1. The lowest BCUT2D eigenvalue weighted by Gasteiger charge is -2.17. The summed E-state index contributed by atoms with van der Waals surface area (Å²) in [6.07, 6.45) is 7.41. The van der Waals surface area contributed by atoms with Crippen LogP contribution in [0.15, 0.2) is 67.0 Å². The Morgan fingerprint density at radius 1 is 1.09 bits per heavy atom. The molecule has 0 radical (unpaired) electrons.